The number of amides is 2. The standard InChI is InChI=1S/C24H31N3OS/c1-26-22(29)19-4-2-3-5-20(19)24(26)6-8-27(9-7-24)23(28)25-21-17-11-15-10-16(13-17)14-18(21)12-15/h2-5,15-18,21H,6-14H2,1H3,(H,25,28). The van der Waals surface area contributed by atoms with Gasteiger partial charge in [0.2, 0.25) is 0 Å². The van der Waals surface area contributed by atoms with Gasteiger partial charge in [0.1, 0.15) is 4.99 Å². The Morgan fingerprint density at radius 1 is 1.03 bits per heavy atom. The van der Waals surface area contributed by atoms with Crippen LogP contribution in [-0.2, 0) is 5.54 Å². The maximum Gasteiger partial charge on any atom is 0.317 e. The van der Waals surface area contributed by atoms with Crippen LogP contribution in [0.2, 0.25) is 0 Å². The van der Waals surface area contributed by atoms with Crippen molar-refractivity contribution in [2.45, 2.75) is 56.5 Å². The number of piperidine rings is 1. The second-order valence-electron chi connectivity index (χ2n) is 10.3. The fourth-order valence-electron chi connectivity index (χ4n) is 7.71. The Morgan fingerprint density at radius 2 is 1.66 bits per heavy atom. The number of nitrogens with one attached hydrogen (secondary N) is 1. The first-order valence-electron chi connectivity index (χ1n) is 11.5. The largest absolute Gasteiger partial charge is 0.355 e. The highest BCUT2D eigenvalue weighted by Gasteiger charge is 2.50. The molecule has 4 saturated carbocycles. The van der Waals surface area contributed by atoms with Crippen LogP contribution in [0, 0.1) is 23.7 Å². The maximum atomic E-state index is 13.2. The summed E-state index contributed by atoms with van der Waals surface area (Å²) in [5.41, 5.74) is 2.53. The van der Waals surface area contributed by atoms with Gasteiger partial charge < -0.3 is 15.1 Å². The van der Waals surface area contributed by atoms with Crippen molar-refractivity contribution >= 4 is 23.2 Å². The molecule has 1 saturated heterocycles. The average molecular weight is 410 g/mol. The molecule has 2 amide bonds. The molecule has 1 aromatic rings. The number of rotatable bonds is 1. The SMILES string of the molecule is CN1C(=S)c2ccccc2C12CCN(C(=O)NC1C3CC4CC(C3)CC1C4)CC2. The molecule has 4 aliphatic carbocycles. The topological polar surface area (TPSA) is 35.6 Å². The summed E-state index contributed by atoms with van der Waals surface area (Å²) in [7, 11) is 2.13. The Balaban J connectivity index is 1.15. The van der Waals surface area contributed by atoms with E-state index in [2.05, 4.69) is 46.4 Å². The van der Waals surface area contributed by atoms with Gasteiger partial charge in [-0.25, -0.2) is 4.79 Å². The molecule has 2 heterocycles. The van der Waals surface area contributed by atoms with Crippen LogP contribution in [0.3, 0.4) is 0 Å². The molecule has 0 aromatic heterocycles. The summed E-state index contributed by atoms with van der Waals surface area (Å²) in [5, 5.41) is 3.50. The highest BCUT2D eigenvalue weighted by molar-refractivity contribution is 7.80. The average Bonchev–Trinajstić information content (AvgIpc) is 2.93. The molecule has 5 heteroatoms. The van der Waals surface area contributed by atoms with Crippen molar-refractivity contribution in [1.29, 1.82) is 0 Å². The Labute approximate surface area is 179 Å². The van der Waals surface area contributed by atoms with E-state index in [1.165, 1.54) is 43.2 Å². The molecule has 0 radical (unpaired) electrons. The molecule has 1 spiro atoms. The number of likely N-dealkylation sites (tertiary alicyclic amines) is 1. The summed E-state index contributed by atoms with van der Waals surface area (Å²) in [5.74, 6) is 3.36. The van der Waals surface area contributed by atoms with E-state index >= 15 is 0 Å². The van der Waals surface area contributed by atoms with Gasteiger partial charge in [-0.3, -0.25) is 0 Å². The van der Waals surface area contributed by atoms with Crippen molar-refractivity contribution in [3.63, 3.8) is 0 Å². The van der Waals surface area contributed by atoms with E-state index in [9.17, 15) is 4.79 Å². The molecule has 0 unspecified atom stereocenters. The summed E-state index contributed by atoms with van der Waals surface area (Å²) >= 11 is 5.73. The molecule has 4 bridgehead atoms. The molecule has 154 valence electrons. The zero-order valence-electron chi connectivity index (χ0n) is 17.3. The molecule has 2 aliphatic heterocycles. The zero-order valence-corrected chi connectivity index (χ0v) is 18.1. The lowest BCUT2D eigenvalue weighted by atomic mass is 9.54. The number of carbonyl (C=O) groups is 1. The van der Waals surface area contributed by atoms with Crippen molar-refractivity contribution in [2.75, 3.05) is 20.1 Å². The minimum absolute atomic E-state index is 0.0346. The van der Waals surface area contributed by atoms with Gasteiger partial charge in [0.15, 0.2) is 0 Å². The lowest BCUT2D eigenvalue weighted by molar-refractivity contribution is -0.0119. The summed E-state index contributed by atoms with van der Waals surface area (Å²) in [4.78, 5) is 18.5. The van der Waals surface area contributed by atoms with Gasteiger partial charge in [0.25, 0.3) is 0 Å². The molecule has 0 atom stereocenters. The molecule has 7 rings (SSSR count). The third-order valence-corrected chi connectivity index (χ3v) is 9.49. The molecule has 4 nitrogen and oxygen atoms in total. The molecule has 1 aromatic carbocycles. The molecule has 1 N–H and O–H groups in total. The third kappa shape index (κ3) is 2.62. The van der Waals surface area contributed by atoms with Gasteiger partial charge in [0.05, 0.1) is 5.54 Å². The molecule has 29 heavy (non-hydrogen) atoms. The summed E-state index contributed by atoms with van der Waals surface area (Å²) < 4.78 is 0. The molecular formula is C24H31N3OS. The lowest BCUT2D eigenvalue weighted by Gasteiger charge is -2.54. The Morgan fingerprint density at radius 3 is 2.31 bits per heavy atom. The van der Waals surface area contributed by atoms with Crippen LogP contribution in [0.5, 0.6) is 0 Å². The predicted molar refractivity (Wildman–Crippen MR) is 118 cm³/mol. The number of urea groups is 1. The highest BCUT2D eigenvalue weighted by Crippen LogP contribution is 2.54. The first kappa shape index (κ1) is 18.2. The molecule has 6 aliphatic rings. The maximum absolute atomic E-state index is 13.2. The van der Waals surface area contributed by atoms with Crippen molar-refractivity contribution in [2.24, 2.45) is 23.7 Å². The Kier molecular flexibility index (Phi) is 4.03. The summed E-state index contributed by atoms with van der Waals surface area (Å²) in [6, 6.07) is 9.17. The van der Waals surface area contributed by atoms with Gasteiger partial charge in [-0.2, -0.15) is 0 Å². The number of thiocarbonyl (C=S) groups is 1. The van der Waals surface area contributed by atoms with Gasteiger partial charge in [-0.05, 0) is 74.2 Å². The monoisotopic (exact) mass is 409 g/mol. The number of hydrogen-bond donors (Lipinski definition) is 1. The lowest BCUT2D eigenvalue weighted by Crippen LogP contribution is -2.59. The predicted octanol–water partition coefficient (Wildman–Crippen LogP) is 4.13. The number of carbonyl (C=O) groups excluding carboxylic acids is 1. The van der Waals surface area contributed by atoms with Crippen LogP contribution in [0.15, 0.2) is 24.3 Å². The Bertz CT molecular complexity index is 831. The van der Waals surface area contributed by atoms with E-state index in [1.54, 1.807) is 0 Å². The number of fused-ring (bicyclic) bond motifs is 2. The quantitative estimate of drug-likeness (QED) is 0.709. The highest BCUT2D eigenvalue weighted by atomic mass is 32.1. The van der Waals surface area contributed by atoms with E-state index in [0.29, 0.717) is 6.04 Å². The van der Waals surface area contributed by atoms with Gasteiger partial charge in [-0.1, -0.05) is 36.5 Å². The van der Waals surface area contributed by atoms with Crippen molar-refractivity contribution < 1.29 is 4.79 Å². The number of hydrogen-bond acceptors (Lipinski definition) is 2. The normalized spacial score (nSPS) is 36.6. The minimum atomic E-state index is -0.0346. The first-order valence-corrected chi connectivity index (χ1v) is 11.9. The van der Waals surface area contributed by atoms with E-state index < -0.39 is 0 Å². The summed E-state index contributed by atoms with van der Waals surface area (Å²) in [6.45, 7) is 1.61. The Hall–Kier alpha value is -1.62. The minimum Gasteiger partial charge on any atom is -0.355 e. The first-order chi connectivity index (χ1) is 14.0. The van der Waals surface area contributed by atoms with Gasteiger partial charge >= 0.3 is 6.03 Å². The number of nitrogens with zero attached hydrogens (tertiary/aromatic N) is 2. The fraction of sp³-hybridized carbons (Fsp3) is 0.667. The van der Waals surface area contributed by atoms with Gasteiger partial charge in [-0.15, -0.1) is 0 Å². The smallest absolute Gasteiger partial charge is 0.317 e. The zero-order chi connectivity index (χ0) is 19.8. The van der Waals surface area contributed by atoms with Crippen molar-refractivity contribution in [3.05, 3.63) is 35.4 Å². The van der Waals surface area contributed by atoms with Gasteiger partial charge in [0, 0.05) is 31.7 Å². The van der Waals surface area contributed by atoms with Crippen molar-refractivity contribution in [1.82, 2.24) is 15.1 Å². The van der Waals surface area contributed by atoms with E-state index in [-0.39, 0.29) is 11.6 Å². The molecular weight excluding hydrogens is 378 g/mol. The second kappa shape index (κ2) is 6.44. The third-order valence-electron chi connectivity index (χ3n) is 9.00. The van der Waals surface area contributed by atoms with E-state index in [0.717, 1.165) is 54.6 Å². The van der Waals surface area contributed by atoms with Crippen LogP contribution in [-0.4, -0.2) is 47.0 Å². The molecule has 5 fully saturated rings. The fourth-order valence-corrected chi connectivity index (χ4v) is 8.06. The van der Waals surface area contributed by atoms with E-state index in [4.69, 9.17) is 12.2 Å². The van der Waals surface area contributed by atoms with Crippen LogP contribution in [0.25, 0.3) is 0 Å². The summed E-state index contributed by atoms with van der Waals surface area (Å²) in [6.07, 6.45) is 8.75. The van der Waals surface area contributed by atoms with E-state index in [1.807, 2.05) is 0 Å². The van der Waals surface area contributed by atoms with Crippen LogP contribution in [0.4, 0.5) is 4.79 Å². The van der Waals surface area contributed by atoms with Crippen molar-refractivity contribution in [3.8, 4) is 0 Å². The second-order valence-corrected chi connectivity index (χ2v) is 10.7. The number of benzene rings is 1. The van der Waals surface area contributed by atoms with Crippen LogP contribution >= 0.6 is 12.2 Å². The van der Waals surface area contributed by atoms with Crippen LogP contribution < -0.4 is 5.32 Å². The van der Waals surface area contributed by atoms with Crippen LogP contribution in [0.1, 0.15) is 56.1 Å².